The summed E-state index contributed by atoms with van der Waals surface area (Å²) in [5.41, 5.74) is 2.29. The summed E-state index contributed by atoms with van der Waals surface area (Å²) in [6.45, 7) is 3.32. The number of carbonyl (C=O) groups excluding carboxylic acids is 1. The first-order valence-corrected chi connectivity index (χ1v) is 8.60. The number of hydrogen-bond donors (Lipinski definition) is 0. The Morgan fingerprint density at radius 2 is 2.23 bits per heavy atom. The van der Waals surface area contributed by atoms with Gasteiger partial charge in [-0.3, -0.25) is 4.79 Å². The maximum Gasteiger partial charge on any atom is 0.289 e. The largest absolute Gasteiger partial charge is 0.383 e. The standard InChI is InChI=1S/C16H16N2O2S2/c1-11-5-6-12-14(10-11)22-16(18(12)7-8-20-2)17-15(19)13-4-3-9-21-13/h3-6,9-10H,7-8H2,1-2H3. The fraction of sp³-hybridized carbons (Fsp3) is 0.250. The van der Waals surface area contributed by atoms with Crippen LogP contribution in [0.3, 0.4) is 0 Å². The molecule has 0 aliphatic carbocycles. The normalized spacial score (nSPS) is 12.2. The van der Waals surface area contributed by atoms with E-state index in [0.29, 0.717) is 18.0 Å². The quantitative estimate of drug-likeness (QED) is 0.734. The summed E-state index contributed by atoms with van der Waals surface area (Å²) in [5.74, 6) is -0.190. The Bertz CT molecular complexity index is 860. The Morgan fingerprint density at radius 3 is 2.95 bits per heavy atom. The second kappa shape index (κ2) is 6.56. The number of ether oxygens (including phenoxy) is 1. The minimum Gasteiger partial charge on any atom is -0.383 e. The number of methoxy groups -OCH3 is 1. The van der Waals surface area contributed by atoms with Crippen LogP contribution < -0.4 is 4.80 Å². The third-order valence-electron chi connectivity index (χ3n) is 3.29. The van der Waals surface area contributed by atoms with E-state index in [-0.39, 0.29) is 5.91 Å². The third-order valence-corrected chi connectivity index (χ3v) is 5.19. The predicted molar refractivity (Wildman–Crippen MR) is 90.6 cm³/mol. The Morgan fingerprint density at radius 1 is 1.36 bits per heavy atom. The first-order valence-electron chi connectivity index (χ1n) is 6.90. The number of fused-ring (bicyclic) bond motifs is 1. The van der Waals surface area contributed by atoms with Crippen LogP contribution in [0, 0.1) is 6.92 Å². The number of carbonyl (C=O) groups is 1. The molecule has 22 heavy (non-hydrogen) atoms. The summed E-state index contributed by atoms with van der Waals surface area (Å²) in [7, 11) is 1.67. The average molecular weight is 332 g/mol. The van der Waals surface area contributed by atoms with Crippen molar-refractivity contribution in [3.8, 4) is 0 Å². The van der Waals surface area contributed by atoms with Crippen LogP contribution in [0.15, 0.2) is 40.7 Å². The molecule has 0 aliphatic rings. The van der Waals surface area contributed by atoms with Crippen LogP contribution in [-0.2, 0) is 11.3 Å². The monoisotopic (exact) mass is 332 g/mol. The molecule has 1 aromatic carbocycles. The summed E-state index contributed by atoms with van der Waals surface area (Å²) in [6, 6.07) is 9.93. The highest BCUT2D eigenvalue weighted by Gasteiger charge is 2.10. The topological polar surface area (TPSA) is 43.6 Å². The van der Waals surface area contributed by atoms with Gasteiger partial charge in [0.25, 0.3) is 5.91 Å². The number of thiophene rings is 1. The van der Waals surface area contributed by atoms with Gasteiger partial charge in [-0.05, 0) is 36.1 Å². The molecule has 0 spiro atoms. The van der Waals surface area contributed by atoms with E-state index in [4.69, 9.17) is 4.74 Å². The van der Waals surface area contributed by atoms with Crippen molar-refractivity contribution >= 4 is 38.8 Å². The third kappa shape index (κ3) is 3.04. The van der Waals surface area contributed by atoms with Crippen LogP contribution in [-0.4, -0.2) is 24.2 Å². The number of amides is 1. The lowest BCUT2D eigenvalue weighted by atomic mass is 10.2. The van der Waals surface area contributed by atoms with Crippen LogP contribution in [0.25, 0.3) is 10.2 Å². The molecule has 0 saturated heterocycles. The molecule has 0 bridgehead atoms. The molecule has 2 aromatic heterocycles. The van der Waals surface area contributed by atoms with Gasteiger partial charge in [-0.25, -0.2) is 0 Å². The molecular weight excluding hydrogens is 316 g/mol. The lowest BCUT2D eigenvalue weighted by Crippen LogP contribution is -2.19. The Balaban J connectivity index is 2.12. The molecule has 0 saturated carbocycles. The van der Waals surface area contributed by atoms with Gasteiger partial charge in [-0.1, -0.05) is 23.5 Å². The van der Waals surface area contributed by atoms with Crippen molar-refractivity contribution < 1.29 is 9.53 Å². The maximum absolute atomic E-state index is 12.3. The molecule has 0 fully saturated rings. The number of nitrogens with zero attached hydrogens (tertiary/aromatic N) is 2. The van der Waals surface area contributed by atoms with Gasteiger partial charge >= 0.3 is 0 Å². The van der Waals surface area contributed by atoms with Crippen molar-refractivity contribution in [2.45, 2.75) is 13.5 Å². The highest BCUT2D eigenvalue weighted by Crippen LogP contribution is 2.19. The Kier molecular flexibility index (Phi) is 4.52. The highest BCUT2D eigenvalue weighted by molar-refractivity contribution is 7.16. The fourth-order valence-electron chi connectivity index (χ4n) is 2.21. The molecule has 1 amide bonds. The second-order valence-electron chi connectivity index (χ2n) is 4.89. The van der Waals surface area contributed by atoms with Crippen molar-refractivity contribution in [1.29, 1.82) is 0 Å². The van der Waals surface area contributed by atoms with Crippen molar-refractivity contribution in [2.24, 2.45) is 4.99 Å². The van der Waals surface area contributed by atoms with Gasteiger partial charge in [0, 0.05) is 13.7 Å². The van der Waals surface area contributed by atoms with Gasteiger partial charge in [0.2, 0.25) is 0 Å². The first kappa shape index (κ1) is 15.1. The number of benzene rings is 1. The molecule has 0 radical (unpaired) electrons. The molecule has 6 heteroatoms. The number of thiazole rings is 1. The van der Waals surface area contributed by atoms with Crippen LogP contribution in [0.5, 0.6) is 0 Å². The molecule has 0 atom stereocenters. The summed E-state index contributed by atoms with van der Waals surface area (Å²) >= 11 is 2.95. The van der Waals surface area contributed by atoms with E-state index in [0.717, 1.165) is 15.0 Å². The Hall–Kier alpha value is -1.76. The zero-order valence-corrected chi connectivity index (χ0v) is 14.0. The van der Waals surface area contributed by atoms with Gasteiger partial charge in [0.15, 0.2) is 4.80 Å². The van der Waals surface area contributed by atoms with E-state index in [1.165, 1.54) is 28.2 Å². The number of rotatable bonds is 4. The SMILES string of the molecule is COCCn1c(=NC(=O)c2cccs2)sc2cc(C)ccc21. The van der Waals surface area contributed by atoms with Gasteiger partial charge in [-0.15, -0.1) is 11.3 Å². The molecule has 0 aliphatic heterocycles. The molecule has 0 unspecified atom stereocenters. The van der Waals surface area contributed by atoms with Crippen molar-refractivity contribution in [3.05, 3.63) is 51.0 Å². The molecule has 0 N–H and O–H groups in total. The van der Waals surface area contributed by atoms with E-state index in [1.54, 1.807) is 13.2 Å². The molecule has 4 nitrogen and oxygen atoms in total. The number of aromatic nitrogens is 1. The molecule has 2 heterocycles. The maximum atomic E-state index is 12.3. The number of hydrogen-bond acceptors (Lipinski definition) is 4. The first-order chi connectivity index (χ1) is 10.7. The van der Waals surface area contributed by atoms with E-state index in [9.17, 15) is 4.79 Å². The van der Waals surface area contributed by atoms with Crippen LogP contribution >= 0.6 is 22.7 Å². The smallest absolute Gasteiger partial charge is 0.289 e. The van der Waals surface area contributed by atoms with E-state index in [1.807, 2.05) is 11.4 Å². The summed E-state index contributed by atoms with van der Waals surface area (Å²) in [6.07, 6.45) is 0. The average Bonchev–Trinajstić information content (AvgIpc) is 3.12. The fourth-order valence-corrected chi connectivity index (χ4v) is 3.97. The Labute approximate surface area is 136 Å². The van der Waals surface area contributed by atoms with Gasteiger partial charge in [0.05, 0.1) is 21.7 Å². The minimum absolute atomic E-state index is 0.190. The zero-order chi connectivity index (χ0) is 15.5. The minimum atomic E-state index is -0.190. The van der Waals surface area contributed by atoms with Gasteiger partial charge in [0.1, 0.15) is 0 Å². The lowest BCUT2D eigenvalue weighted by Gasteiger charge is -2.04. The van der Waals surface area contributed by atoms with E-state index in [2.05, 4.69) is 34.7 Å². The summed E-state index contributed by atoms with van der Waals surface area (Å²) in [4.78, 5) is 17.9. The molecular formula is C16H16N2O2S2. The van der Waals surface area contributed by atoms with E-state index >= 15 is 0 Å². The van der Waals surface area contributed by atoms with Gasteiger partial charge in [-0.2, -0.15) is 4.99 Å². The van der Waals surface area contributed by atoms with Crippen LogP contribution in [0.1, 0.15) is 15.2 Å². The van der Waals surface area contributed by atoms with E-state index < -0.39 is 0 Å². The molecule has 3 aromatic rings. The van der Waals surface area contributed by atoms with Gasteiger partial charge < -0.3 is 9.30 Å². The molecule has 3 rings (SSSR count). The van der Waals surface area contributed by atoms with Crippen molar-refractivity contribution in [3.63, 3.8) is 0 Å². The predicted octanol–water partition coefficient (Wildman–Crippen LogP) is 3.46. The van der Waals surface area contributed by atoms with Crippen molar-refractivity contribution in [2.75, 3.05) is 13.7 Å². The highest BCUT2D eigenvalue weighted by atomic mass is 32.1. The van der Waals surface area contributed by atoms with Crippen LogP contribution in [0.4, 0.5) is 0 Å². The second-order valence-corrected chi connectivity index (χ2v) is 6.85. The summed E-state index contributed by atoms with van der Waals surface area (Å²) < 4.78 is 8.36. The van der Waals surface area contributed by atoms with Crippen molar-refractivity contribution in [1.82, 2.24) is 4.57 Å². The van der Waals surface area contributed by atoms with Crippen LogP contribution in [0.2, 0.25) is 0 Å². The summed E-state index contributed by atoms with van der Waals surface area (Å²) in [5, 5.41) is 1.88. The lowest BCUT2D eigenvalue weighted by molar-refractivity contribution is 0.100. The number of aryl methyl sites for hydroxylation is 1. The molecule has 114 valence electrons. The zero-order valence-electron chi connectivity index (χ0n) is 12.4.